The first-order valence-electron chi connectivity index (χ1n) is 10.1. The highest BCUT2D eigenvalue weighted by Crippen LogP contribution is 2.27. The highest BCUT2D eigenvalue weighted by molar-refractivity contribution is 7.98. The highest BCUT2D eigenvalue weighted by Gasteiger charge is 2.16. The summed E-state index contributed by atoms with van der Waals surface area (Å²) in [6.45, 7) is 0. The number of pyridine rings is 1. The molecule has 0 bridgehead atoms. The van der Waals surface area contributed by atoms with Crippen LogP contribution in [0.25, 0.3) is 0 Å². The number of sulfonamides is 1. The van der Waals surface area contributed by atoms with Gasteiger partial charge >= 0.3 is 0 Å². The lowest BCUT2D eigenvalue weighted by atomic mass is 10.2. The van der Waals surface area contributed by atoms with Gasteiger partial charge in [-0.2, -0.15) is 0 Å². The Morgan fingerprint density at radius 1 is 0.818 bits per heavy atom. The Morgan fingerprint density at radius 2 is 1.52 bits per heavy atom. The Hall–Kier alpha value is -3.62. The van der Waals surface area contributed by atoms with Crippen LogP contribution in [0.2, 0.25) is 0 Å². The number of anilines is 2. The highest BCUT2D eigenvalue weighted by atomic mass is 32.2. The van der Waals surface area contributed by atoms with E-state index in [1.54, 1.807) is 48.2 Å². The van der Waals surface area contributed by atoms with E-state index in [1.807, 2.05) is 48.5 Å². The molecule has 1 heterocycles. The van der Waals surface area contributed by atoms with Crippen molar-refractivity contribution in [3.8, 4) is 0 Å². The Balaban J connectivity index is 1.44. The number of hydrogen-bond donors (Lipinski definition) is 2. The minimum Gasteiger partial charge on any atom is -0.322 e. The summed E-state index contributed by atoms with van der Waals surface area (Å²) in [7, 11) is -3.78. The number of hydrogen-bond acceptors (Lipinski definition) is 5. The second kappa shape index (κ2) is 10.3. The topological polar surface area (TPSA) is 88.2 Å². The summed E-state index contributed by atoms with van der Waals surface area (Å²) in [5, 5.41) is 2.85. The van der Waals surface area contributed by atoms with Crippen molar-refractivity contribution in [2.75, 3.05) is 10.0 Å². The van der Waals surface area contributed by atoms with Crippen LogP contribution < -0.4 is 10.0 Å². The zero-order valence-electron chi connectivity index (χ0n) is 17.5. The Labute approximate surface area is 197 Å². The van der Waals surface area contributed by atoms with Gasteiger partial charge in [-0.3, -0.25) is 9.52 Å². The molecule has 1 aromatic heterocycles. The van der Waals surface area contributed by atoms with Crippen LogP contribution >= 0.6 is 11.8 Å². The lowest BCUT2D eigenvalue weighted by Gasteiger charge is -2.11. The molecule has 0 aliphatic heterocycles. The van der Waals surface area contributed by atoms with Crippen molar-refractivity contribution in [1.29, 1.82) is 0 Å². The van der Waals surface area contributed by atoms with Crippen LogP contribution in [0.3, 0.4) is 0 Å². The number of nitrogens with one attached hydrogen (secondary N) is 2. The van der Waals surface area contributed by atoms with Gasteiger partial charge in [-0.1, -0.05) is 48.5 Å². The van der Waals surface area contributed by atoms with Gasteiger partial charge in [0.05, 0.1) is 10.5 Å². The van der Waals surface area contributed by atoms with Gasteiger partial charge in [0.25, 0.3) is 15.9 Å². The standard InChI is InChI=1S/C25H21N3O3S2/c29-25(22-10-4-5-11-23(22)32-18-19-8-2-1-3-9-19)27-20-13-15-21(16-14-20)33(30,31)28-24-12-6-7-17-26-24/h1-17H,18H2,(H,26,28)(H,27,29). The minimum absolute atomic E-state index is 0.0740. The number of thioether (sulfide) groups is 1. The van der Waals surface area contributed by atoms with Crippen molar-refractivity contribution in [3.05, 3.63) is 114 Å². The number of carbonyl (C=O) groups is 1. The summed E-state index contributed by atoms with van der Waals surface area (Å²) in [6, 6.07) is 28.4. The number of benzene rings is 3. The molecule has 33 heavy (non-hydrogen) atoms. The van der Waals surface area contributed by atoms with Crippen molar-refractivity contribution in [2.45, 2.75) is 15.5 Å². The van der Waals surface area contributed by atoms with Crippen LogP contribution in [0.4, 0.5) is 11.5 Å². The molecule has 0 spiro atoms. The molecule has 3 aromatic carbocycles. The maximum Gasteiger partial charge on any atom is 0.263 e. The Bertz CT molecular complexity index is 1330. The van der Waals surface area contributed by atoms with Gasteiger partial charge in [0.2, 0.25) is 0 Å². The van der Waals surface area contributed by atoms with Gasteiger partial charge in [-0.05, 0) is 54.1 Å². The fourth-order valence-corrected chi connectivity index (χ4v) is 5.06. The Kier molecular flexibility index (Phi) is 7.07. The van der Waals surface area contributed by atoms with Crippen LogP contribution in [-0.2, 0) is 15.8 Å². The number of rotatable bonds is 8. The summed E-state index contributed by atoms with van der Waals surface area (Å²) in [5.74, 6) is 0.730. The van der Waals surface area contributed by atoms with Crippen LogP contribution in [0.15, 0.2) is 113 Å². The molecule has 0 radical (unpaired) electrons. The molecule has 0 atom stereocenters. The average molecular weight is 476 g/mol. The molecule has 4 aromatic rings. The van der Waals surface area contributed by atoms with E-state index in [2.05, 4.69) is 15.0 Å². The molecule has 6 nitrogen and oxygen atoms in total. The predicted molar refractivity (Wildman–Crippen MR) is 132 cm³/mol. The van der Waals surface area contributed by atoms with Crippen LogP contribution in [0, 0.1) is 0 Å². The summed E-state index contributed by atoms with van der Waals surface area (Å²) < 4.78 is 27.5. The number of carbonyl (C=O) groups excluding carboxylic acids is 1. The van der Waals surface area contributed by atoms with Crippen molar-refractivity contribution in [2.24, 2.45) is 0 Å². The first kappa shape index (κ1) is 22.6. The van der Waals surface area contributed by atoms with E-state index < -0.39 is 10.0 Å². The van der Waals surface area contributed by atoms with Crippen molar-refractivity contribution in [1.82, 2.24) is 4.98 Å². The van der Waals surface area contributed by atoms with Gasteiger partial charge in [-0.25, -0.2) is 13.4 Å². The summed E-state index contributed by atoms with van der Waals surface area (Å²) >= 11 is 1.59. The fourth-order valence-electron chi connectivity index (χ4n) is 3.05. The fraction of sp³-hybridized carbons (Fsp3) is 0.0400. The zero-order valence-corrected chi connectivity index (χ0v) is 19.1. The molecular weight excluding hydrogens is 454 g/mol. The number of aromatic nitrogens is 1. The van der Waals surface area contributed by atoms with Gasteiger partial charge in [0, 0.05) is 22.5 Å². The quantitative estimate of drug-likeness (QED) is 0.332. The third-order valence-corrected chi connectivity index (χ3v) is 7.21. The second-order valence-corrected chi connectivity index (χ2v) is 9.77. The summed E-state index contributed by atoms with van der Waals surface area (Å²) in [4.78, 5) is 17.8. The van der Waals surface area contributed by atoms with Crippen LogP contribution in [0.5, 0.6) is 0 Å². The average Bonchev–Trinajstić information content (AvgIpc) is 2.84. The van der Waals surface area contributed by atoms with Crippen molar-refractivity contribution in [3.63, 3.8) is 0 Å². The molecular formula is C25H21N3O3S2. The molecule has 4 rings (SSSR count). The maximum atomic E-state index is 12.9. The first-order valence-corrected chi connectivity index (χ1v) is 12.6. The second-order valence-electron chi connectivity index (χ2n) is 7.07. The SMILES string of the molecule is O=C(Nc1ccc(S(=O)(=O)Nc2ccccn2)cc1)c1ccccc1SCc1ccccc1. The molecule has 0 unspecified atom stereocenters. The molecule has 0 saturated heterocycles. The van der Waals surface area contributed by atoms with E-state index in [9.17, 15) is 13.2 Å². The smallest absolute Gasteiger partial charge is 0.263 e. The molecule has 0 fully saturated rings. The van der Waals surface area contributed by atoms with Gasteiger partial charge < -0.3 is 5.32 Å². The lowest BCUT2D eigenvalue weighted by Crippen LogP contribution is -2.15. The normalized spacial score (nSPS) is 11.0. The van der Waals surface area contributed by atoms with E-state index in [-0.39, 0.29) is 16.6 Å². The van der Waals surface area contributed by atoms with E-state index in [0.29, 0.717) is 11.3 Å². The largest absolute Gasteiger partial charge is 0.322 e. The number of amides is 1. The van der Waals surface area contributed by atoms with E-state index in [0.717, 1.165) is 10.6 Å². The van der Waals surface area contributed by atoms with E-state index in [1.165, 1.54) is 23.9 Å². The van der Waals surface area contributed by atoms with Crippen molar-refractivity contribution < 1.29 is 13.2 Å². The van der Waals surface area contributed by atoms with Gasteiger partial charge in [0.1, 0.15) is 5.82 Å². The molecule has 166 valence electrons. The van der Waals surface area contributed by atoms with Crippen molar-refractivity contribution >= 4 is 39.2 Å². The first-order chi connectivity index (χ1) is 16.0. The Morgan fingerprint density at radius 3 is 2.24 bits per heavy atom. The zero-order chi connectivity index (χ0) is 23.1. The number of nitrogens with zero attached hydrogens (tertiary/aromatic N) is 1. The summed E-state index contributed by atoms with van der Waals surface area (Å²) in [6.07, 6.45) is 1.51. The molecule has 2 N–H and O–H groups in total. The van der Waals surface area contributed by atoms with E-state index in [4.69, 9.17) is 0 Å². The lowest BCUT2D eigenvalue weighted by molar-refractivity contribution is 0.102. The van der Waals surface area contributed by atoms with Gasteiger partial charge in [-0.15, -0.1) is 11.8 Å². The molecule has 0 aliphatic rings. The monoisotopic (exact) mass is 475 g/mol. The van der Waals surface area contributed by atoms with Crippen LogP contribution in [-0.4, -0.2) is 19.3 Å². The van der Waals surface area contributed by atoms with E-state index >= 15 is 0 Å². The third-order valence-electron chi connectivity index (χ3n) is 4.70. The third kappa shape index (κ3) is 6.00. The molecule has 8 heteroatoms. The maximum absolute atomic E-state index is 12.9. The minimum atomic E-state index is -3.78. The van der Waals surface area contributed by atoms with Crippen LogP contribution in [0.1, 0.15) is 15.9 Å². The van der Waals surface area contributed by atoms with Gasteiger partial charge in [0.15, 0.2) is 0 Å². The molecule has 0 saturated carbocycles. The summed E-state index contributed by atoms with van der Waals surface area (Å²) in [5.41, 5.74) is 2.24. The molecule has 0 aliphatic carbocycles. The predicted octanol–water partition coefficient (Wildman–Crippen LogP) is 5.43. The molecule has 1 amide bonds.